The van der Waals surface area contributed by atoms with Crippen molar-refractivity contribution < 1.29 is 9.90 Å². The summed E-state index contributed by atoms with van der Waals surface area (Å²) in [7, 11) is 0. The average molecular weight is 245 g/mol. The second-order valence-electron chi connectivity index (χ2n) is 3.44. The zero-order valence-electron chi connectivity index (χ0n) is 8.57. The van der Waals surface area contributed by atoms with E-state index in [1.807, 2.05) is 0 Å². The van der Waals surface area contributed by atoms with Gasteiger partial charge in [0.05, 0.1) is 11.8 Å². The minimum Gasteiger partial charge on any atom is -0.478 e. The molecule has 0 unspecified atom stereocenters. The zero-order valence-corrected chi connectivity index (χ0v) is 9.39. The van der Waals surface area contributed by atoms with Gasteiger partial charge in [0.2, 0.25) is 4.96 Å². The summed E-state index contributed by atoms with van der Waals surface area (Å²) in [6, 6.07) is 6.65. The highest BCUT2D eigenvalue weighted by atomic mass is 32.1. The number of rotatable bonds is 2. The van der Waals surface area contributed by atoms with E-state index in [-0.39, 0.29) is 5.56 Å². The topological polar surface area (TPSA) is 67.5 Å². The molecule has 1 aromatic carbocycles. The highest BCUT2D eigenvalue weighted by Crippen LogP contribution is 2.25. The van der Waals surface area contributed by atoms with Crippen LogP contribution in [0.4, 0.5) is 0 Å². The normalized spacial score (nSPS) is 10.8. The third-order valence-electron chi connectivity index (χ3n) is 2.35. The van der Waals surface area contributed by atoms with Gasteiger partial charge in [0.25, 0.3) is 0 Å². The first-order valence-corrected chi connectivity index (χ1v) is 5.69. The van der Waals surface area contributed by atoms with Gasteiger partial charge in [-0.2, -0.15) is 5.10 Å². The quantitative estimate of drug-likeness (QED) is 0.751. The Kier molecular flexibility index (Phi) is 2.15. The van der Waals surface area contributed by atoms with Crippen LogP contribution in [0.15, 0.2) is 36.7 Å². The summed E-state index contributed by atoms with van der Waals surface area (Å²) in [5, 5.41) is 14.0. The van der Waals surface area contributed by atoms with E-state index in [0.717, 1.165) is 15.5 Å². The van der Waals surface area contributed by atoms with Gasteiger partial charge in [-0.1, -0.05) is 23.5 Å². The fourth-order valence-corrected chi connectivity index (χ4v) is 2.37. The number of benzene rings is 1. The lowest BCUT2D eigenvalue weighted by Crippen LogP contribution is -1.94. The highest BCUT2D eigenvalue weighted by Gasteiger charge is 2.08. The first kappa shape index (κ1) is 9.98. The molecule has 0 aliphatic carbocycles. The molecule has 0 atom stereocenters. The summed E-state index contributed by atoms with van der Waals surface area (Å²) in [6.07, 6.45) is 3.47. The number of carboxylic acid groups (broad SMARTS) is 1. The number of carbonyl (C=O) groups is 1. The minimum absolute atomic E-state index is 0.273. The van der Waals surface area contributed by atoms with Crippen LogP contribution in [0.3, 0.4) is 0 Å². The van der Waals surface area contributed by atoms with Gasteiger partial charge in [-0.25, -0.2) is 14.3 Å². The Hall–Kier alpha value is -2.21. The van der Waals surface area contributed by atoms with E-state index < -0.39 is 5.97 Å². The van der Waals surface area contributed by atoms with Crippen molar-refractivity contribution in [2.75, 3.05) is 0 Å². The molecule has 0 aliphatic heterocycles. The molecule has 0 spiro atoms. The van der Waals surface area contributed by atoms with Crippen LogP contribution in [0.1, 0.15) is 10.4 Å². The molecule has 0 saturated carbocycles. The highest BCUT2D eigenvalue weighted by molar-refractivity contribution is 7.19. The summed E-state index contributed by atoms with van der Waals surface area (Å²) in [5.74, 6) is -0.925. The Balaban J connectivity index is 2.03. The molecule has 6 heteroatoms. The number of aromatic nitrogens is 3. The van der Waals surface area contributed by atoms with Gasteiger partial charge in [0.15, 0.2) is 0 Å². The van der Waals surface area contributed by atoms with E-state index in [2.05, 4.69) is 10.1 Å². The Morgan fingerprint density at radius 3 is 2.71 bits per heavy atom. The maximum Gasteiger partial charge on any atom is 0.335 e. The number of aromatic carboxylic acids is 1. The van der Waals surface area contributed by atoms with Crippen molar-refractivity contribution >= 4 is 22.3 Å². The van der Waals surface area contributed by atoms with Crippen molar-refractivity contribution in [3.63, 3.8) is 0 Å². The van der Waals surface area contributed by atoms with Crippen LogP contribution in [0, 0.1) is 0 Å². The molecule has 2 heterocycles. The fraction of sp³-hybridized carbons (Fsp3) is 0. The van der Waals surface area contributed by atoms with Crippen LogP contribution >= 0.6 is 11.3 Å². The molecule has 0 radical (unpaired) electrons. The maximum absolute atomic E-state index is 10.7. The lowest BCUT2D eigenvalue weighted by molar-refractivity contribution is 0.0697. The van der Waals surface area contributed by atoms with Gasteiger partial charge >= 0.3 is 5.97 Å². The third kappa shape index (κ3) is 1.68. The number of hydrogen-bond acceptors (Lipinski definition) is 4. The summed E-state index contributed by atoms with van der Waals surface area (Å²) in [4.78, 5) is 15.7. The van der Waals surface area contributed by atoms with Crippen LogP contribution in [0.25, 0.3) is 15.5 Å². The molecule has 0 saturated heterocycles. The van der Waals surface area contributed by atoms with Crippen molar-refractivity contribution in [1.29, 1.82) is 0 Å². The van der Waals surface area contributed by atoms with Gasteiger partial charge in [-0.15, -0.1) is 0 Å². The van der Waals surface area contributed by atoms with E-state index in [4.69, 9.17) is 5.11 Å². The predicted molar refractivity (Wildman–Crippen MR) is 63.3 cm³/mol. The van der Waals surface area contributed by atoms with Gasteiger partial charge in [-0.3, -0.25) is 0 Å². The van der Waals surface area contributed by atoms with E-state index in [9.17, 15) is 4.79 Å². The van der Waals surface area contributed by atoms with Crippen molar-refractivity contribution in [3.8, 4) is 10.6 Å². The van der Waals surface area contributed by atoms with E-state index in [1.54, 1.807) is 41.2 Å². The molecular formula is C11H7N3O2S. The van der Waals surface area contributed by atoms with Crippen LogP contribution in [-0.4, -0.2) is 25.7 Å². The second kappa shape index (κ2) is 3.67. The van der Waals surface area contributed by atoms with Crippen LogP contribution < -0.4 is 0 Å². The van der Waals surface area contributed by atoms with Gasteiger partial charge < -0.3 is 5.11 Å². The van der Waals surface area contributed by atoms with Crippen molar-refractivity contribution in [2.24, 2.45) is 0 Å². The van der Waals surface area contributed by atoms with Crippen LogP contribution in [0.5, 0.6) is 0 Å². The molecule has 3 aromatic rings. The maximum atomic E-state index is 10.7. The third-order valence-corrected chi connectivity index (χ3v) is 3.34. The lowest BCUT2D eigenvalue weighted by atomic mass is 10.1. The zero-order chi connectivity index (χ0) is 11.8. The standard InChI is InChI=1S/C11H7N3O2S/c15-10(16)8-3-1-7(2-4-8)9-13-14-6-5-12-11(14)17-9/h1-6H,(H,15,16). The Labute approximate surface area is 100.0 Å². The molecule has 0 aliphatic rings. The van der Waals surface area contributed by atoms with Gasteiger partial charge in [0.1, 0.15) is 5.01 Å². The predicted octanol–water partition coefficient (Wildman–Crippen LogP) is 2.16. The SMILES string of the molecule is O=C(O)c1ccc(-c2nn3ccnc3s2)cc1. The number of hydrogen-bond donors (Lipinski definition) is 1. The largest absolute Gasteiger partial charge is 0.478 e. The first-order chi connectivity index (χ1) is 8.24. The summed E-state index contributed by atoms with van der Waals surface area (Å²) >= 11 is 1.46. The molecule has 2 aromatic heterocycles. The van der Waals surface area contributed by atoms with E-state index in [1.165, 1.54) is 11.3 Å². The molecule has 0 fully saturated rings. The molecule has 84 valence electrons. The lowest BCUT2D eigenvalue weighted by Gasteiger charge is -1.96. The van der Waals surface area contributed by atoms with Gasteiger partial charge in [-0.05, 0) is 12.1 Å². The number of carboxylic acids is 1. The fourth-order valence-electron chi connectivity index (χ4n) is 1.51. The van der Waals surface area contributed by atoms with E-state index in [0.29, 0.717) is 0 Å². The molecule has 3 rings (SSSR count). The first-order valence-electron chi connectivity index (χ1n) is 4.88. The van der Waals surface area contributed by atoms with E-state index >= 15 is 0 Å². The summed E-state index contributed by atoms with van der Waals surface area (Å²) < 4.78 is 1.70. The average Bonchev–Trinajstić information content (AvgIpc) is 2.89. The van der Waals surface area contributed by atoms with Gasteiger partial charge in [0, 0.05) is 11.8 Å². The monoisotopic (exact) mass is 245 g/mol. The van der Waals surface area contributed by atoms with Crippen molar-refractivity contribution in [1.82, 2.24) is 14.6 Å². The molecular weight excluding hydrogens is 238 g/mol. The molecule has 1 N–H and O–H groups in total. The second-order valence-corrected chi connectivity index (χ2v) is 4.40. The van der Waals surface area contributed by atoms with Crippen molar-refractivity contribution in [2.45, 2.75) is 0 Å². The van der Waals surface area contributed by atoms with Crippen LogP contribution in [-0.2, 0) is 0 Å². The molecule has 17 heavy (non-hydrogen) atoms. The smallest absolute Gasteiger partial charge is 0.335 e. The Bertz CT molecular complexity index is 656. The Morgan fingerprint density at radius 1 is 1.29 bits per heavy atom. The molecule has 5 nitrogen and oxygen atoms in total. The minimum atomic E-state index is -0.925. The molecule has 0 amide bonds. The summed E-state index contributed by atoms with van der Waals surface area (Å²) in [5.41, 5.74) is 1.17. The number of fused-ring (bicyclic) bond motifs is 1. The molecule has 0 bridgehead atoms. The van der Waals surface area contributed by atoms with Crippen molar-refractivity contribution in [3.05, 3.63) is 42.2 Å². The number of nitrogens with zero attached hydrogens (tertiary/aromatic N) is 3. The summed E-state index contributed by atoms with van der Waals surface area (Å²) in [6.45, 7) is 0. The number of imidazole rings is 1. The Morgan fingerprint density at radius 2 is 2.06 bits per heavy atom. The van der Waals surface area contributed by atoms with Crippen LogP contribution in [0.2, 0.25) is 0 Å².